The maximum absolute atomic E-state index is 13.9. The van der Waals surface area contributed by atoms with E-state index in [1.54, 1.807) is 12.1 Å². The number of halogens is 1. The van der Waals surface area contributed by atoms with E-state index in [-0.39, 0.29) is 5.82 Å². The third kappa shape index (κ3) is 3.51. The molecule has 18 heavy (non-hydrogen) atoms. The van der Waals surface area contributed by atoms with E-state index < -0.39 is 0 Å². The van der Waals surface area contributed by atoms with Crippen LogP contribution < -0.4 is 5.32 Å². The van der Waals surface area contributed by atoms with Gasteiger partial charge in [-0.05, 0) is 31.2 Å². The molecule has 0 bridgehead atoms. The number of aryl methyl sites for hydroxylation is 1. The van der Waals surface area contributed by atoms with Gasteiger partial charge in [0.15, 0.2) is 4.34 Å². The van der Waals surface area contributed by atoms with Crippen molar-refractivity contribution >= 4 is 23.1 Å². The Labute approximate surface area is 114 Å². The van der Waals surface area contributed by atoms with Gasteiger partial charge in [-0.2, -0.15) is 0 Å². The number of nitrogens with one attached hydrogen (secondary N) is 1. The molecule has 1 heterocycles. The van der Waals surface area contributed by atoms with Gasteiger partial charge in [0.1, 0.15) is 10.8 Å². The minimum Gasteiger partial charge on any atom is -0.313 e. The average Bonchev–Trinajstić information content (AvgIpc) is 2.75. The number of aromatic nitrogens is 2. The molecule has 0 spiro atoms. The van der Waals surface area contributed by atoms with Crippen molar-refractivity contribution in [3.8, 4) is 0 Å². The molecule has 0 aliphatic heterocycles. The van der Waals surface area contributed by atoms with Crippen molar-refractivity contribution in [2.45, 2.75) is 29.6 Å². The number of hydrogen-bond acceptors (Lipinski definition) is 5. The lowest BCUT2D eigenvalue weighted by Gasteiger charge is -2.05. The lowest BCUT2D eigenvalue weighted by molar-refractivity contribution is 0.596. The van der Waals surface area contributed by atoms with Gasteiger partial charge in [-0.3, -0.25) is 0 Å². The van der Waals surface area contributed by atoms with Crippen LogP contribution >= 0.6 is 23.1 Å². The average molecular weight is 283 g/mol. The van der Waals surface area contributed by atoms with Gasteiger partial charge >= 0.3 is 0 Å². The Hall–Kier alpha value is -0.980. The monoisotopic (exact) mass is 283 g/mol. The van der Waals surface area contributed by atoms with E-state index in [9.17, 15) is 4.39 Å². The smallest absolute Gasteiger partial charge is 0.179 e. The zero-order valence-corrected chi connectivity index (χ0v) is 11.9. The van der Waals surface area contributed by atoms with Crippen LogP contribution in [-0.4, -0.2) is 16.7 Å². The molecule has 0 atom stereocenters. The van der Waals surface area contributed by atoms with Crippen LogP contribution in [0.5, 0.6) is 0 Å². The molecule has 0 unspecified atom stereocenters. The predicted octanol–water partition coefficient (Wildman–Crippen LogP) is 3.25. The number of rotatable bonds is 5. The largest absolute Gasteiger partial charge is 0.313 e. The van der Waals surface area contributed by atoms with Gasteiger partial charge < -0.3 is 5.32 Å². The predicted molar refractivity (Wildman–Crippen MR) is 72.5 cm³/mol. The molecule has 1 aromatic carbocycles. The Kier molecular flexibility index (Phi) is 4.68. The zero-order valence-electron chi connectivity index (χ0n) is 10.2. The van der Waals surface area contributed by atoms with E-state index in [0.717, 1.165) is 21.5 Å². The number of hydrogen-bond donors (Lipinski definition) is 1. The molecule has 96 valence electrons. The van der Waals surface area contributed by atoms with E-state index in [0.29, 0.717) is 11.4 Å². The molecule has 0 aliphatic rings. The molecule has 2 aromatic rings. The number of nitrogens with zero attached hydrogens (tertiary/aromatic N) is 2. The Morgan fingerprint density at radius 2 is 2.22 bits per heavy atom. The van der Waals surface area contributed by atoms with Gasteiger partial charge in [-0.1, -0.05) is 36.1 Å². The van der Waals surface area contributed by atoms with E-state index in [1.165, 1.54) is 23.1 Å². The molecule has 3 nitrogen and oxygen atoms in total. The highest BCUT2D eigenvalue weighted by Crippen LogP contribution is 2.31. The molecule has 0 saturated carbocycles. The first-order valence-electron chi connectivity index (χ1n) is 5.66. The third-order valence-corrected chi connectivity index (χ3v) is 4.22. The van der Waals surface area contributed by atoms with Crippen molar-refractivity contribution < 1.29 is 4.39 Å². The summed E-state index contributed by atoms with van der Waals surface area (Å²) in [6, 6.07) is 5.30. The minimum atomic E-state index is -0.205. The molecular weight excluding hydrogens is 269 g/mol. The van der Waals surface area contributed by atoms with Gasteiger partial charge in [-0.25, -0.2) is 4.39 Å². The van der Waals surface area contributed by atoms with Crippen molar-refractivity contribution in [3.05, 3.63) is 34.6 Å². The molecule has 0 radical (unpaired) electrons. The van der Waals surface area contributed by atoms with Crippen LogP contribution in [0.15, 0.2) is 27.4 Å². The van der Waals surface area contributed by atoms with Crippen LogP contribution in [0.25, 0.3) is 0 Å². The van der Waals surface area contributed by atoms with Crippen LogP contribution in [-0.2, 0) is 6.54 Å². The Morgan fingerprint density at radius 3 is 2.83 bits per heavy atom. The second-order valence-corrected chi connectivity index (χ2v) is 6.20. The third-order valence-electron chi connectivity index (χ3n) is 2.28. The van der Waals surface area contributed by atoms with Gasteiger partial charge in [0, 0.05) is 6.54 Å². The summed E-state index contributed by atoms with van der Waals surface area (Å²) in [7, 11) is 0. The standard InChI is InChI=1S/C12H14FN3S2/c1-3-14-7-9-4-5-11(10(13)6-9)18-12-16-15-8(2)17-12/h4-6,14H,3,7H2,1-2H3. The Bertz CT molecular complexity index is 528. The molecule has 0 aliphatic carbocycles. The summed E-state index contributed by atoms with van der Waals surface area (Å²) in [5.74, 6) is -0.205. The van der Waals surface area contributed by atoms with Crippen LogP contribution in [0.3, 0.4) is 0 Å². The number of benzene rings is 1. The highest BCUT2D eigenvalue weighted by atomic mass is 32.2. The maximum Gasteiger partial charge on any atom is 0.179 e. The summed E-state index contributed by atoms with van der Waals surface area (Å²) in [6.07, 6.45) is 0. The van der Waals surface area contributed by atoms with Crippen LogP contribution in [0.2, 0.25) is 0 Å². The van der Waals surface area contributed by atoms with Gasteiger partial charge in [0.05, 0.1) is 4.90 Å². The highest BCUT2D eigenvalue weighted by Gasteiger charge is 2.08. The summed E-state index contributed by atoms with van der Waals surface area (Å²) in [5.41, 5.74) is 0.951. The van der Waals surface area contributed by atoms with Crippen molar-refractivity contribution in [2.24, 2.45) is 0 Å². The second kappa shape index (κ2) is 6.26. The summed E-state index contributed by atoms with van der Waals surface area (Å²) in [4.78, 5) is 0.589. The second-order valence-electron chi connectivity index (χ2n) is 3.73. The fourth-order valence-corrected chi connectivity index (χ4v) is 3.20. The van der Waals surface area contributed by atoms with Crippen molar-refractivity contribution in [3.63, 3.8) is 0 Å². The van der Waals surface area contributed by atoms with Crippen LogP contribution in [0, 0.1) is 12.7 Å². The normalized spacial score (nSPS) is 10.8. The SMILES string of the molecule is CCNCc1ccc(Sc2nnc(C)s2)c(F)c1. The quantitative estimate of drug-likeness (QED) is 0.914. The molecule has 1 N–H and O–H groups in total. The van der Waals surface area contributed by atoms with Gasteiger partial charge in [0.2, 0.25) is 0 Å². The summed E-state index contributed by atoms with van der Waals surface area (Å²) in [5, 5.41) is 12.0. The molecule has 0 saturated heterocycles. The summed E-state index contributed by atoms with van der Waals surface area (Å²) in [6.45, 7) is 5.48. The van der Waals surface area contributed by atoms with E-state index in [1.807, 2.05) is 19.9 Å². The molecule has 6 heteroatoms. The molecule has 0 amide bonds. The minimum absolute atomic E-state index is 0.205. The maximum atomic E-state index is 13.9. The first kappa shape index (κ1) is 13.5. The first-order valence-corrected chi connectivity index (χ1v) is 7.29. The van der Waals surface area contributed by atoms with E-state index >= 15 is 0 Å². The van der Waals surface area contributed by atoms with Gasteiger partial charge in [0.25, 0.3) is 0 Å². The topological polar surface area (TPSA) is 37.8 Å². The lowest BCUT2D eigenvalue weighted by Crippen LogP contribution is -2.11. The van der Waals surface area contributed by atoms with Crippen LogP contribution in [0.4, 0.5) is 4.39 Å². The Morgan fingerprint density at radius 1 is 1.39 bits per heavy atom. The fraction of sp³-hybridized carbons (Fsp3) is 0.333. The highest BCUT2D eigenvalue weighted by molar-refractivity contribution is 8.01. The van der Waals surface area contributed by atoms with Gasteiger partial charge in [-0.15, -0.1) is 10.2 Å². The molecule has 1 aromatic heterocycles. The summed E-state index contributed by atoms with van der Waals surface area (Å²) < 4.78 is 14.6. The van der Waals surface area contributed by atoms with Crippen LogP contribution in [0.1, 0.15) is 17.5 Å². The first-order chi connectivity index (χ1) is 8.69. The molecule has 0 fully saturated rings. The van der Waals surface area contributed by atoms with E-state index in [2.05, 4.69) is 15.5 Å². The summed E-state index contributed by atoms with van der Waals surface area (Å²) >= 11 is 2.79. The fourth-order valence-electron chi connectivity index (χ4n) is 1.42. The van der Waals surface area contributed by atoms with Crippen molar-refractivity contribution in [2.75, 3.05) is 6.54 Å². The lowest BCUT2D eigenvalue weighted by atomic mass is 10.2. The van der Waals surface area contributed by atoms with Crippen molar-refractivity contribution in [1.82, 2.24) is 15.5 Å². The molecule has 2 rings (SSSR count). The van der Waals surface area contributed by atoms with E-state index in [4.69, 9.17) is 0 Å². The van der Waals surface area contributed by atoms with Crippen molar-refractivity contribution in [1.29, 1.82) is 0 Å². The molecular formula is C12H14FN3S2. The zero-order chi connectivity index (χ0) is 13.0. The Balaban J connectivity index is 2.09.